The molecule has 1 heterocycles. The van der Waals surface area contributed by atoms with Crippen LogP contribution in [0.25, 0.3) is 0 Å². The summed E-state index contributed by atoms with van der Waals surface area (Å²) < 4.78 is 5.41. The molecule has 0 fully saturated rings. The van der Waals surface area contributed by atoms with Gasteiger partial charge in [-0.1, -0.05) is 18.2 Å². The fourth-order valence-corrected chi connectivity index (χ4v) is 2.96. The second kappa shape index (κ2) is 6.73. The molecule has 1 aliphatic heterocycles. The first-order valence-electron chi connectivity index (χ1n) is 8.07. The molecule has 0 unspecified atom stereocenters. The molecule has 1 aliphatic rings. The van der Waals surface area contributed by atoms with Crippen LogP contribution in [0.3, 0.4) is 0 Å². The monoisotopic (exact) mass is 310 g/mol. The first-order valence-corrected chi connectivity index (χ1v) is 8.07. The third-order valence-electron chi connectivity index (χ3n) is 4.20. The van der Waals surface area contributed by atoms with Crippen LogP contribution in [-0.2, 0) is 11.2 Å². The first-order chi connectivity index (χ1) is 11.2. The van der Waals surface area contributed by atoms with Crippen LogP contribution >= 0.6 is 0 Å². The third-order valence-corrected chi connectivity index (χ3v) is 4.20. The van der Waals surface area contributed by atoms with E-state index in [2.05, 4.69) is 22.3 Å². The Balaban J connectivity index is 1.66. The minimum Gasteiger partial charge on any atom is -0.494 e. The second-order valence-electron chi connectivity index (χ2n) is 5.69. The van der Waals surface area contributed by atoms with Gasteiger partial charge in [0.2, 0.25) is 5.91 Å². The minimum atomic E-state index is -0.204. The average molecular weight is 310 g/mol. The summed E-state index contributed by atoms with van der Waals surface area (Å²) in [7, 11) is 0. The Bertz CT molecular complexity index is 682. The molecule has 0 radical (unpaired) electrons. The molecular formula is C19H22N2O2. The van der Waals surface area contributed by atoms with Crippen molar-refractivity contribution >= 4 is 17.3 Å². The van der Waals surface area contributed by atoms with Gasteiger partial charge in [-0.15, -0.1) is 0 Å². The number of nitrogens with one attached hydrogen (secondary N) is 1. The Kier molecular flexibility index (Phi) is 4.51. The number of carbonyl (C=O) groups is 1. The van der Waals surface area contributed by atoms with Gasteiger partial charge in [0.25, 0.3) is 0 Å². The Hall–Kier alpha value is -2.49. The smallest absolute Gasteiger partial charge is 0.246 e. The Morgan fingerprint density at radius 2 is 1.96 bits per heavy atom. The molecule has 2 aromatic carbocycles. The molecule has 1 N–H and O–H groups in total. The van der Waals surface area contributed by atoms with E-state index < -0.39 is 0 Å². The third kappa shape index (κ3) is 3.31. The molecule has 23 heavy (non-hydrogen) atoms. The highest BCUT2D eigenvalue weighted by Crippen LogP contribution is 2.29. The number of carbonyl (C=O) groups excluding carboxylic acids is 1. The summed E-state index contributed by atoms with van der Waals surface area (Å²) in [5, 5.41) is 2.98. The van der Waals surface area contributed by atoms with Crippen LogP contribution in [0.5, 0.6) is 5.75 Å². The fraction of sp³-hybridized carbons (Fsp3) is 0.316. The van der Waals surface area contributed by atoms with Crippen molar-refractivity contribution in [1.82, 2.24) is 0 Å². The molecule has 0 saturated carbocycles. The molecule has 120 valence electrons. The lowest BCUT2D eigenvalue weighted by Gasteiger charge is -2.26. The molecule has 3 rings (SSSR count). The minimum absolute atomic E-state index is 0.00543. The first kappa shape index (κ1) is 15.4. The van der Waals surface area contributed by atoms with Gasteiger partial charge in [0, 0.05) is 17.9 Å². The molecule has 1 atom stereocenters. The van der Waals surface area contributed by atoms with Crippen molar-refractivity contribution in [2.24, 2.45) is 0 Å². The molecule has 4 nitrogen and oxygen atoms in total. The number of para-hydroxylation sites is 1. The van der Waals surface area contributed by atoms with E-state index >= 15 is 0 Å². The van der Waals surface area contributed by atoms with Gasteiger partial charge in [-0.2, -0.15) is 0 Å². The molecule has 0 aromatic heterocycles. The van der Waals surface area contributed by atoms with Crippen LogP contribution in [0.15, 0.2) is 48.5 Å². The number of amides is 1. The highest BCUT2D eigenvalue weighted by molar-refractivity contribution is 5.97. The average Bonchev–Trinajstić information content (AvgIpc) is 3.00. The normalized spacial score (nSPS) is 14.3. The van der Waals surface area contributed by atoms with Gasteiger partial charge in [0.1, 0.15) is 11.8 Å². The van der Waals surface area contributed by atoms with E-state index in [1.807, 2.05) is 50.2 Å². The maximum atomic E-state index is 12.5. The summed E-state index contributed by atoms with van der Waals surface area (Å²) >= 11 is 0. The molecule has 0 aliphatic carbocycles. The van der Waals surface area contributed by atoms with Crippen molar-refractivity contribution in [3.63, 3.8) is 0 Å². The molecule has 1 amide bonds. The van der Waals surface area contributed by atoms with Crippen molar-refractivity contribution in [2.45, 2.75) is 26.3 Å². The number of nitrogens with zero attached hydrogens (tertiary/aromatic N) is 1. The summed E-state index contributed by atoms with van der Waals surface area (Å²) in [6.45, 7) is 5.42. The van der Waals surface area contributed by atoms with Crippen LogP contribution < -0.4 is 15.0 Å². The largest absolute Gasteiger partial charge is 0.494 e. The zero-order valence-corrected chi connectivity index (χ0v) is 13.6. The standard InChI is InChI=1S/C19H22N2O2/c1-3-23-17-10-8-16(9-11-17)20-19(22)14(2)21-13-12-15-6-4-5-7-18(15)21/h4-11,14H,3,12-13H2,1-2H3,(H,20,22)/t14-/m0/s1. The lowest BCUT2D eigenvalue weighted by atomic mass is 10.1. The topological polar surface area (TPSA) is 41.6 Å². The number of ether oxygens (including phenoxy) is 1. The van der Waals surface area contributed by atoms with E-state index in [1.54, 1.807) is 0 Å². The molecule has 0 spiro atoms. The second-order valence-corrected chi connectivity index (χ2v) is 5.69. The van der Waals surface area contributed by atoms with E-state index in [0.717, 1.165) is 24.4 Å². The lowest BCUT2D eigenvalue weighted by molar-refractivity contribution is -0.117. The van der Waals surface area contributed by atoms with Crippen LogP contribution in [0.2, 0.25) is 0 Å². The number of anilines is 2. The highest BCUT2D eigenvalue weighted by Gasteiger charge is 2.27. The van der Waals surface area contributed by atoms with Gasteiger partial charge in [-0.05, 0) is 56.2 Å². The number of rotatable bonds is 5. The van der Waals surface area contributed by atoms with Gasteiger partial charge in [-0.3, -0.25) is 4.79 Å². The van der Waals surface area contributed by atoms with Gasteiger partial charge >= 0.3 is 0 Å². The maximum absolute atomic E-state index is 12.5. The predicted molar refractivity (Wildman–Crippen MR) is 93.2 cm³/mol. The van der Waals surface area contributed by atoms with E-state index in [0.29, 0.717) is 6.61 Å². The SMILES string of the molecule is CCOc1ccc(NC(=O)[C@H](C)N2CCc3ccccc32)cc1. The number of benzene rings is 2. The molecule has 0 saturated heterocycles. The fourth-order valence-electron chi connectivity index (χ4n) is 2.96. The van der Waals surface area contributed by atoms with Crippen molar-refractivity contribution < 1.29 is 9.53 Å². The quantitative estimate of drug-likeness (QED) is 0.919. The summed E-state index contributed by atoms with van der Waals surface area (Å²) in [6.07, 6.45) is 0.997. The van der Waals surface area contributed by atoms with E-state index in [4.69, 9.17) is 4.74 Å². The number of hydrogen-bond acceptors (Lipinski definition) is 3. The van der Waals surface area contributed by atoms with Crippen LogP contribution in [0, 0.1) is 0 Å². The van der Waals surface area contributed by atoms with E-state index in [1.165, 1.54) is 11.3 Å². The lowest BCUT2D eigenvalue weighted by Crippen LogP contribution is -2.41. The van der Waals surface area contributed by atoms with E-state index in [9.17, 15) is 4.79 Å². The van der Waals surface area contributed by atoms with Gasteiger partial charge in [0.05, 0.1) is 6.61 Å². The zero-order chi connectivity index (χ0) is 16.2. The molecule has 0 bridgehead atoms. The zero-order valence-electron chi connectivity index (χ0n) is 13.6. The summed E-state index contributed by atoms with van der Waals surface area (Å²) in [6, 6.07) is 15.6. The van der Waals surface area contributed by atoms with Crippen molar-refractivity contribution in [1.29, 1.82) is 0 Å². The highest BCUT2D eigenvalue weighted by atomic mass is 16.5. The van der Waals surface area contributed by atoms with Gasteiger partial charge in [-0.25, -0.2) is 0 Å². The van der Waals surface area contributed by atoms with Gasteiger partial charge in [0.15, 0.2) is 0 Å². The molecule has 2 aromatic rings. The van der Waals surface area contributed by atoms with Crippen LogP contribution in [-0.4, -0.2) is 25.1 Å². The van der Waals surface area contributed by atoms with Gasteiger partial charge < -0.3 is 15.0 Å². The molecule has 4 heteroatoms. The summed E-state index contributed by atoms with van der Waals surface area (Å²) in [5.74, 6) is 0.817. The van der Waals surface area contributed by atoms with Crippen molar-refractivity contribution in [2.75, 3.05) is 23.4 Å². The van der Waals surface area contributed by atoms with E-state index in [-0.39, 0.29) is 11.9 Å². The Morgan fingerprint density at radius 1 is 1.22 bits per heavy atom. The van der Waals surface area contributed by atoms with Crippen molar-refractivity contribution in [3.05, 3.63) is 54.1 Å². The van der Waals surface area contributed by atoms with Crippen LogP contribution in [0.4, 0.5) is 11.4 Å². The maximum Gasteiger partial charge on any atom is 0.246 e. The Morgan fingerprint density at radius 3 is 2.70 bits per heavy atom. The summed E-state index contributed by atoms with van der Waals surface area (Å²) in [4.78, 5) is 14.7. The van der Waals surface area contributed by atoms with Crippen molar-refractivity contribution in [3.8, 4) is 5.75 Å². The number of hydrogen-bond donors (Lipinski definition) is 1. The Labute approximate surface area is 137 Å². The predicted octanol–water partition coefficient (Wildman–Crippen LogP) is 3.48. The molecular weight excluding hydrogens is 288 g/mol. The summed E-state index contributed by atoms with van der Waals surface area (Å²) in [5.41, 5.74) is 3.27. The van der Waals surface area contributed by atoms with Crippen LogP contribution in [0.1, 0.15) is 19.4 Å². The number of fused-ring (bicyclic) bond motifs is 1.